The van der Waals surface area contributed by atoms with Crippen LogP contribution in [0.3, 0.4) is 0 Å². The van der Waals surface area contributed by atoms with Crippen LogP contribution in [-0.4, -0.2) is 0 Å². The number of rotatable bonds is 1. The Morgan fingerprint density at radius 3 is 2.36 bits per heavy atom. The summed E-state index contributed by atoms with van der Waals surface area (Å²) in [5.41, 5.74) is 15.6. The highest BCUT2D eigenvalue weighted by atomic mass is 14.6. The number of nitrogens with two attached hydrogens (primary N) is 2. The molecule has 11 heavy (non-hydrogen) atoms. The first-order valence-electron chi connectivity index (χ1n) is 3.71. The predicted octanol–water partition coefficient (Wildman–Crippen LogP) is 1.34. The lowest BCUT2D eigenvalue weighted by Gasteiger charge is -2.08. The molecule has 2 heteroatoms. The quantitative estimate of drug-likeness (QED) is 0.594. The van der Waals surface area contributed by atoms with Gasteiger partial charge in [0.2, 0.25) is 0 Å². The molecular formula is C9H14N2. The van der Waals surface area contributed by atoms with Crippen molar-refractivity contribution >= 4 is 5.69 Å². The van der Waals surface area contributed by atoms with E-state index in [1.54, 1.807) is 0 Å². The van der Waals surface area contributed by atoms with E-state index in [9.17, 15) is 0 Å². The lowest BCUT2D eigenvalue weighted by atomic mass is 10.0. The summed E-state index contributed by atoms with van der Waals surface area (Å²) < 4.78 is 0. The van der Waals surface area contributed by atoms with Crippen LogP contribution in [0.4, 0.5) is 5.69 Å². The van der Waals surface area contributed by atoms with Crippen LogP contribution < -0.4 is 11.5 Å². The van der Waals surface area contributed by atoms with Crippen LogP contribution in [0, 0.1) is 13.8 Å². The third-order valence-electron chi connectivity index (χ3n) is 2.08. The van der Waals surface area contributed by atoms with Gasteiger partial charge >= 0.3 is 0 Å². The Morgan fingerprint density at radius 2 is 1.91 bits per heavy atom. The Balaban J connectivity index is 3.29. The van der Waals surface area contributed by atoms with Crippen molar-refractivity contribution in [2.45, 2.75) is 20.4 Å². The normalized spacial score (nSPS) is 10.1. The van der Waals surface area contributed by atoms with Crippen LogP contribution in [0.25, 0.3) is 0 Å². The molecule has 0 aromatic heterocycles. The molecule has 1 aromatic rings. The fraction of sp³-hybridized carbons (Fsp3) is 0.333. The smallest absolute Gasteiger partial charge is 0.0347 e. The van der Waals surface area contributed by atoms with E-state index in [4.69, 9.17) is 11.5 Å². The van der Waals surface area contributed by atoms with Gasteiger partial charge in [0.05, 0.1) is 0 Å². The highest BCUT2D eigenvalue weighted by molar-refractivity contribution is 5.52. The van der Waals surface area contributed by atoms with E-state index in [1.165, 1.54) is 11.1 Å². The van der Waals surface area contributed by atoms with Crippen LogP contribution in [-0.2, 0) is 6.54 Å². The van der Waals surface area contributed by atoms with Gasteiger partial charge in [-0.3, -0.25) is 0 Å². The maximum Gasteiger partial charge on any atom is 0.0347 e. The van der Waals surface area contributed by atoms with Crippen molar-refractivity contribution in [3.63, 3.8) is 0 Å². The van der Waals surface area contributed by atoms with Crippen LogP contribution in [0.1, 0.15) is 16.7 Å². The van der Waals surface area contributed by atoms with Gasteiger partial charge in [0, 0.05) is 12.2 Å². The standard InChI is InChI=1S/C9H14N2/c1-6-3-4-9(11)7(2)8(6)5-10/h3-4H,5,10-11H2,1-2H3. The molecule has 0 unspecified atom stereocenters. The molecule has 0 fully saturated rings. The van der Waals surface area contributed by atoms with Crippen LogP contribution in [0.5, 0.6) is 0 Å². The fourth-order valence-corrected chi connectivity index (χ4v) is 1.22. The SMILES string of the molecule is Cc1ccc(N)c(C)c1CN. The second-order valence-corrected chi connectivity index (χ2v) is 2.78. The summed E-state index contributed by atoms with van der Waals surface area (Å²) in [5, 5.41) is 0. The Hall–Kier alpha value is -1.02. The first kappa shape index (κ1) is 8.08. The zero-order chi connectivity index (χ0) is 8.43. The third-order valence-corrected chi connectivity index (χ3v) is 2.08. The molecule has 0 atom stereocenters. The van der Waals surface area contributed by atoms with Crippen LogP contribution in [0.2, 0.25) is 0 Å². The fourth-order valence-electron chi connectivity index (χ4n) is 1.22. The molecule has 2 nitrogen and oxygen atoms in total. The molecule has 0 radical (unpaired) electrons. The molecule has 0 aliphatic carbocycles. The second-order valence-electron chi connectivity index (χ2n) is 2.78. The van der Waals surface area contributed by atoms with Gasteiger partial charge in [-0.1, -0.05) is 6.07 Å². The molecule has 0 aliphatic rings. The lowest BCUT2D eigenvalue weighted by Crippen LogP contribution is -2.04. The Morgan fingerprint density at radius 1 is 1.27 bits per heavy atom. The topological polar surface area (TPSA) is 52.0 Å². The first-order chi connectivity index (χ1) is 5.16. The highest BCUT2D eigenvalue weighted by Gasteiger charge is 2.02. The monoisotopic (exact) mass is 150 g/mol. The summed E-state index contributed by atoms with van der Waals surface area (Å²) in [5.74, 6) is 0. The van der Waals surface area contributed by atoms with E-state index in [2.05, 4.69) is 6.92 Å². The van der Waals surface area contributed by atoms with Crippen molar-refractivity contribution in [1.29, 1.82) is 0 Å². The molecule has 0 aliphatic heterocycles. The summed E-state index contributed by atoms with van der Waals surface area (Å²) >= 11 is 0. The van der Waals surface area contributed by atoms with Crippen molar-refractivity contribution in [2.24, 2.45) is 5.73 Å². The number of aryl methyl sites for hydroxylation is 1. The molecular weight excluding hydrogens is 136 g/mol. The zero-order valence-electron chi connectivity index (χ0n) is 7.02. The molecule has 4 N–H and O–H groups in total. The number of anilines is 1. The van der Waals surface area contributed by atoms with E-state index in [-0.39, 0.29) is 0 Å². The number of hydrogen-bond acceptors (Lipinski definition) is 2. The number of hydrogen-bond donors (Lipinski definition) is 2. The summed E-state index contributed by atoms with van der Waals surface area (Å²) in [7, 11) is 0. The molecule has 1 aromatic carbocycles. The Kier molecular flexibility index (Phi) is 2.15. The van der Waals surface area contributed by atoms with Gasteiger partial charge in [0.25, 0.3) is 0 Å². The molecule has 0 bridgehead atoms. The third kappa shape index (κ3) is 1.35. The van der Waals surface area contributed by atoms with Gasteiger partial charge in [-0.25, -0.2) is 0 Å². The van der Waals surface area contributed by atoms with Crippen molar-refractivity contribution in [2.75, 3.05) is 5.73 Å². The highest BCUT2D eigenvalue weighted by Crippen LogP contribution is 2.18. The van der Waals surface area contributed by atoms with Crippen molar-refractivity contribution < 1.29 is 0 Å². The number of benzene rings is 1. The average Bonchev–Trinajstić information content (AvgIpc) is 1.99. The zero-order valence-corrected chi connectivity index (χ0v) is 7.02. The average molecular weight is 150 g/mol. The van der Waals surface area contributed by atoms with Crippen LogP contribution in [0.15, 0.2) is 12.1 Å². The van der Waals surface area contributed by atoms with E-state index in [1.807, 2.05) is 19.1 Å². The summed E-state index contributed by atoms with van der Waals surface area (Å²) in [6, 6.07) is 3.92. The van der Waals surface area contributed by atoms with Crippen molar-refractivity contribution in [3.8, 4) is 0 Å². The Bertz CT molecular complexity index is 267. The molecule has 0 spiro atoms. The van der Waals surface area contributed by atoms with Gasteiger partial charge in [0.15, 0.2) is 0 Å². The van der Waals surface area contributed by atoms with E-state index in [0.29, 0.717) is 6.54 Å². The van der Waals surface area contributed by atoms with Gasteiger partial charge in [-0.2, -0.15) is 0 Å². The lowest BCUT2D eigenvalue weighted by molar-refractivity contribution is 1.03. The molecule has 0 saturated heterocycles. The molecule has 0 heterocycles. The molecule has 0 saturated carbocycles. The van der Waals surface area contributed by atoms with Gasteiger partial charge < -0.3 is 11.5 Å². The van der Waals surface area contributed by atoms with Gasteiger partial charge in [0.1, 0.15) is 0 Å². The maximum absolute atomic E-state index is 5.71. The first-order valence-corrected chi connectivity index (χ1v) is 3.71. The van der Waals surface area contributed by atoms with E-state index < -0.39 is 0 Å². The molecule has 60 valence electrons. The minimum atomic E-state index is 0.572. The summed E-state index contributed by atoms with van der Waals surface area (Å²) in [6.45, 7) is 4.63. The van der Waals surface area contributed by atoms with Crippen molar-refractivity contribution in [1.82, 2.24) is 0 Å². The predicted molar refractivity (Wildman–Crippen MR) is 48.2 cm³/mol. The summed E-state index contributed by atoms with van der Waals surface area (Å²) in [6.07, 6.45) is 0. The summed E-state index contributed by atoms with van der Waals surface area (Å²) in [4.78, 5) is 0. The van der Waals surface area contributed by atoms with E-state index >= 15 is 0 Å². The van der Waals surface area contributed by atoms with Gasteiger partial charge in [-0.15, -0.1) is 0 Å². The van der Waals surface area contributed by atoms with Crippen LogP contribution >= 0.6 is 0 Å². The largest absolute Gasteiger partial charge is 0.399 e. The second kappa shape index (κ2) is 2.93. The maximum atomic E-state index is 5.71. The van der Waals surface area contributed by atoms with E-state index in [0.717, 1.165) is 11.3 Å². The minimum absolute atomic E-state index is 0.572. The van der Waals surface area contributed by atoms with Crippen molar-refractivity contribution in [3.05, 3.63) is 28.8 Å². The molecule has 1 rings (SSSR count). The van der Waals surface area contributed by atoms with Gasteiger partial charge in [-0.05, 0) is 36.6 Å². The number of nitrogen functional groups attached to an aromatic ring is 1. The Labute approximate surface area is 67.2 Å². The minimum Gasteiger partial charge on any atom is -0.399 e. The molecule has 0 amide bonds.